The van der Waals surface area contributed by atoms with Crippen molar-refractivity contribution in [2.45, 2.75) is 0 Å². The molecule has 1 aliphatic rings. The van der Waals surface area contributed by atoms with E-state index < -0.39 is 0 Å². The fraction of sp³-hybridized carbons (Fsp3) is 0.300. The minimum Gasteiger partial charge on any atom is -0.488 e. The van der Waals surface area contributed by atoms with Gasteiger partial charge in [-0.1, -0.05) is 35.9 Å². The summed E-state index contributed by atoms with van der Waals surface area (Å²) in [6.07, 6.45) is 0. The maximum absolute atomic E-state index is 6.11. The molecule has 0 spiro atoms. The number of benzene rings is 2. The third kappa shape index (κ3) is 4.23. The van der Waals surface area contributed by atoms with Crippen LogP contribution < -0.4 is 19.7 Å². The zero-order valence-corrected chi connectivity index (χ0v) is 15.7. The predicted molar refractivity (Wildman–Crippen MR) is 107 cm³/mol. The van der Waals surface area contributed by atoms with Gasteiger partial charge in [0.2, 0.25) is 0 Å². The molecule has 0 bridgehead atoms. The first-order valence-electron chi connectivity index (χ1n) is 9.04. The Hall–Kier alpha value is -2.57. The van der Waals surface area contributed by atoms with Gasteiger partial charge in [-0.05, 0) is 24.3 Å². The third-order valence-corrected chi connectivity index (χ3v) is 4.67. The van der Waals surface area contributed by atoms with Gasteiger partial charge in [-0.25, -0.2) is 9.97 Å². The zero-order valence-electron chi connectivity index (χ0n) is 14.9. The summed E-state index contributed by atoms with van der Waals surface area (Å²) < 4.78 is 11.7. The average molecular weight is 385 g/mol. The monoisotopic (exact) mass is 384 g/mol. The number of anilines is 1. The summed E-state index contributed by atoms with van der Waals surface area (Å²) in [5.74, 6) is 1.97. The molecule has 7 heteroatoms. The second-order valence-corrected chi connectivity index (χ2v) is 6.61. The molecule has 0 radical (unpaired) electrons. The van der Waals surface area contributed by atoms with Crippen LogP contribution in [0.3, 0.4) is 0 Å². The predicted octanol–water partition coefficient (Wildman–Crippen LogP) is 3.15. The molecule has 1 N–H and O–H groups in total. The molecule has 27 heavy (non-hydrogen) atoms. The zero-order chi connectivity index (χ0) is 18.5. The molecule has 1 aliphatic heterocycles. The SMILES string of the molecule is Clc1ccccc1OCCOc1nc2ccccc2nc1N1CCNCC1. The molecule has 0 atom stereocenters. The lowest BCUT2D eigenvalue weighted by molar-refractivity contribution is 0.212. The van der Waals surface area contributed by atoms with Crippen molar-refractivity contribution in [1.82, 2.24) is 15.3 Å². The smallest absolute Gasteiger partial charge is 0.258 e. The van der Waals surface area contributed by atoms with E-state index in [0.29, 0.717) is 29.9 Å². The van der Waals surface area contributed by atoms with Crippen molar-refractivity contribution in [3.8, 4) is 11.6 Å². The van der Waals surface area contributed by atoms with E-state index in [1.807, 2.05) is 42.5 Å². The second-order valence-electron chi connectivity index (χ2n) is 6.21. The van der Waals surface area contributed by atoms with Gasteiger partial charge in [-0.15, -0.1) is 0 Å². The van der Waals surface area contributed by atoms with Gasteiger partial charge in [0.25, 0.3) is 5.88 Å². The van der Waals surface area contributed by atoms with Crippen LogP contribution in [-0.2, 0) is 0 Å². The van der Waals surface area contributed by atoms with Crippen molar-refractivity contribution in [2.75, 3.05) is 44.3 Å². The van der Waals surface area contributed by atoms with E-state index >= 15 is 0 Å². The van der Waals surface area contributed by atoms with Crippen LogP contribution in [0, 0.1) is 0 Å². The molecule has 6 nitrogen and oxygen atoms in total. The van der Waals surface area contributed by atoms with Crippen LogP contribution in [-0.4, -0.2) is 49.4 Å². The highest BCUT2D eigenvalue weighted by Gasteiger charge is 2.19. The number of nitrogens with zero attached hydrogens (tertiary/aromatic N) is 3. The van der Waals surface area contributed by atoms with Gasteiger partial charge in [-0.3, -0.25) is 0 Å². The van der Waals surface area contributed by atoms with Crippen LogP contribution in [0.25, 0.3) is 11.0 Å². The topological polar surface area (TPSA) is 59.5 Å². The Labute approximate surface area is 163 Å². The summed E-state index contributed by atoms with van der Waals surface area (Å²) in [5, 5.41) is 3.94. The lowest BCUT2D eigenvalue weighted by Crippen LogP contribution is -2.44. The number of nitrogens with one attached hydrogen (secondary N) is 1. The van der Waals surface area contributed by atoms with Gasteiger partial charge >= 0.3 is 0 Å². The van der Waals surface area contributed by atoms with Gasteiger partial charge < -0.3 is 19.7 Å². The number of hydrogen-bond donors (Lipinski definition) is 1. The minimum absolute atomic E-state index is 0.358. The number of aromatic nitrogens is 2. The third-order valence-electron chi connectivity index (χ3n) is 4.35. The fourth-order valence-electron chi connectivity index (χ4n) is 3.01. The molecule has 4 rings (SSSR count). The number of hydrogen-bond acceptors (Lipinski definition) is 6. The fourth-order valence-corrected chi connectivity index (χ4v) is 3.20. The number of ether oxygens (including phenoxy) is 2. The van der Waals surface area contributed by atoms with Crippen molar-refractivity contribution in [3.05, 3.63) is 53.6 Å². The Morgan fingerprint density at radius 3 is 2.33 bits per heavy atom. The van der Waals surface area contributed by atoms with Crippen LogP contribution in [0.15, 0.2) is 48.5 Å². The molecule has 0 aliphatic carbocycles. The molecule has 1 saturated heterocycles. The maximum Gasteiger partial charge on any atom is 0.258 e. The molecule has 0 saturated carbocycles. The van der Waals surface area contributed by atoms with Gasteiger partial charge in [0.1, 0.15) is 19.0 Å². The summed E-state index contributed by atoms with van der Waals surface area (Å²) in [6.45, 7) is 4.32. The van der Waals surface area contributed by atoms with Gasteiger partial charge in [-0.2, -0.15) is 0 Å². The van der Waals surface area contributed by atoms with E-state index in [2.05, 4.69) is 15.2 Å². The average Bonchev–Trinajstić information content (AvgIpc) is 2.72. The van der Waals surface area contributed by atoms with E-state index in [1.165, 1.54) is 0 Å². The number of rotatable bonds is 6. The summed E-state index contributed by atoms with van der Waals surface area (Å²) in [6, 6.07) is 15.2. The van der Waals surface area contributed by atoms with E-state index in [9.17, 15) is 0 Å². The molecular weight excluding hydrogens is 364 g/mol. The summed E-state index contributed by atoms with van der Waals surface area (Å²) >= 11 is 6.11. The molecule has 140 valence electrons. The van der Waals surface area contributed by atoms with Crippen molar-refractivity contribution < 1.29 is 9.47 Å². The Morgan fingerprint density at radius 2 is 1.56 bits per heavy atom. The Balaban J connectivity index is 1.49. The Bertz CT molecular complexity index is 915. The summed E-state index contributed by atoms with van der Waals surface area (Å²) in [4.78, 5) is 11.7. The number of piperazine rings is 1. The number of halogens is 1. The molecule has 0 unspecified atom stereocenters. The quantitative estimate of drug-likeness (QED) is 0.659. The highest BCUT2D eigenvalue weighted by molar-refractivity contribution is 6.32. The number of para-hydroxylation sites is 3. The van der Waals surface area contributed by atoms with Gasteiger partial charge in [0, 0.05) is 26.2 Å². The molecule has 2 heterocycles. The van der Waals surface area contributed by atoms with Crippen LogP contribution in [0.1, 0.15) is 0 Å². The Morgan fingerprint density at radius 1 is 0.889 bits per heavy atom. The highest BCUT2D eigenvalue weighted by Crippen LogP contribution is 2.27. The van der Waals surface area contributed by atoms with E-state index in [1.54, 1.807) is 6.07 Å². The van der Waals surface area contributed by atoms with Gasteiger partial charge in [0.05, 0.1) is 16.1 Å². The van der Waals surface area contributed by atoms with E-state index in [4.69, 9.17) is 26.1 Å². The lowest BCUT2D eigenvalue weighted by atomic mass is 10.3. The lowest BCUT2D eigenvalue weighted by Gasteiger charge is -2.29. The van der Waals surface area contributed by atoms with Crippen LogP contribution >= 0.6 is 11.6 Å². The van der Waals surface area contributed by atoms with E-state index in [-0.39, 0.29) is 0 Å². The van der Waals surface area contributed by atoms with Crippen molar-refractivity contribution in [2.24, 2.45) is 0 Å². The summed E-state index contributed by atoms with van der Waals surface area (Å²) in [7, 11) is 0. The van der Waals surface area contributed by atoms with Crippen LogP contribution in [0.4, 0.5) is 5.82 Å². The van der Waals surface area contributed by atoms with Crippen molar-refractivity contribution in [3.63, 3.8) is 0 Å². The largest absolute Gasteiger partial charge is 0.488 e. The van der Waals surface area contributed by atoms with Gasteiger partial charge in [0.15, 0.2) is 5.82 Å². The van der Waals surface area contributed by atoms with E-state index in [0.717, 1.165) is 43.0 Å². The molecular formula is C20H21ClN4O2. The second kappa shape index (κ2) is 8.41. The van der Waals surface area contributed by atoms with Crippen LogP contribution in [0.5, 0.6) is 11.6 Å². The minimum atomic E-state index is 0.358. The highest BCUT2D eigenvalue weighted by atomic mass is 35.5. The summed E-state index contributed by atoms with van der Waals surface area (Å²) in [5.41, 5.74) is 1.68. The standard InChI is InChI=1S/C20H21ClN4O2/c21-15-5-1-4-8-18(15)26-13-14-27-20-19(25-11-9-22-10-12-25)23-16-6-2-3-7-17(16)24-20/h1-8,22H,9-14H2. The van der Waals surface area contributed by atoms with Crippen molar-refractivity contribution >= 4 is 28.5 Å². The molecule has 3 aromatic rings. The Kier molecular flexibility index (Phi) is 5.55. The number of fused-ring (bicyclic) bond motifs is 1. The van der Waals surface area contributed by atoms with Crippen molar-refractivity contribution in [1.29, 1.82) is 0 Å². The maximum atomic E-state index is 6.11. The van der Waals surface area contributed by atoms with Crippen LogP contribution in [0.2, 0.25) is 5.02 Å². The molecule has 0 amide bonds. The first-order valence-corrected chi connectivity index (χ1v) is 9.41. The first-order chi connectivity index (χ1) is 13.3. The molecule has 2 aromatic carbocycles. The first kappa shape index (κ1) is 17.8. The molecule has 1 aromatic heterocycles. The normalized spacial score (nSPS) is 14.3. The molecule has 1 fully saturated rings.